The summed E-state index contributed by atoms with van der Waals surface area (Å²) in [6.45, 7) is 0.883. The Labute approximate surface area is 153 Å². The van der Waals surface area contributed by atoms with Gasteiger partial charge in [0.2, 0.25) is 0 Å². The topological polar surface area (TPSA) is 44.8 Å². The van der Waals surface area contributed by atoms with Gasteiger partial charge in [0.1, 0.15) is 24.7 Å². The molecule has 0 aliphatic carbocycles. The van der Waals surface area contributed by atoms with E-state index >= 15 is 0 Å². The number of hydrogen-bond donors (Lipinski definition) is 0. The largest absolute Gasteiger partial charge is 0.489 e. The van der Waals surface area contributed by atoms with Crippen LogP contribution in [0.15, 0.2) is 78.9 Å². The monoisotopic (exact) mass is 348 g/mol. The van der Waals surface area contributed by atoms with Crippen LogP contribution in [0.5, 0.6) is 11.5 Å². The quantitative estimate of drug-likeness (QED) is 0.584. The van der Waals surface area contributed by atoms with Crippen LogP contribution in [-0.2, 0) is 18.0 Å². The van der Waals surface area contributed by atoms with Crippen LogP contribution in [0.2, 0.25) is 0 Å². The lowest BCUT2D eigenvalue weighted by Gasteiger charge is -2.13. The summed E-state index contributed by atoms with van der Waals surface area (Å²) in [5.41, 5.74) is 2.56. The van der Waals surface area contributed by atoms with E-state index in [4.69, 9.17) is 9.47 Å². The van der Waals surface area contributed by atoms with Gasteiger partial charge in [0.25, 0.3) is 0 Å². The highest BCUT2D eigenvalue weighted by atomic mass is 16.5. The van der Waals surface area contributed by atoms with Gasteiger partial charge in [-0.1, -0.05) is 48.5 Å². The first kappa shape index (κ1) is 17.5. The van der Waals surface area contributed by atoms with Gasteiger partial charge in [0.05, 0.1) is 12.7 Å². The van der Waals surface area contributed by atoms with Crippen molar-refractivity contribution >= 4 is 5.97 Å². The first-order valence-electron chi connectivity index (χ1n) is 8.32. The molecule has 0 heterocycles. The number of esters is 1. The summed E-state index contributed by atoms with van der Waals surface area (Å²) in [5.74, 6) is 1.11. The number of hydrogen-bond acceptors (Lipinski definition) is 4. The molecule has 26 heavy (non-hydrogen) atoms. The third kappa shape index (κ3) is 4.63. The molecule has 0 radical (unpaired) electrons. The second-order valence-electron chi connectivity index (χ2n) is 5.69. The Bertz CT molecular complexity index is 842. The summed E-state index contributed by atoms with van der Waals surface area (Å²) in [7, 11) is 1.36. The number of rotatable bonds is 7. The van der Waals surface area contributed by atoms with Crippen molar-refractivity contribution in [2.24, 2.45) is 0 Å². The Kier molecular flexibility index (Phi) is 5.88. The van der Waals surface area contributed by atoms with E-state index in [0.717, 1.165) is 16.9 Å². The van der Waals surface area contributed by atoms with Crippen molar-refractivity contribution in [3.63, 3.8) is 0 Å². The molecule has 0 aliphatic heterocycles. The minimum Gasteiger partial charge on any atom is -0.489 e. The van der Waals surface area contributed by atoms with E-state index in [1.165, 1.54) is 7.11 Å². The third-order valence-corrected chi connectivity index (χ3v) is 3.88. The Morgan fingerprint density at radius 3 is 2.19 bits per heavy atom. The predicted molar refractivity (Wildman–Crippen MR) is 99.3 cm³/mol. The van der Waals surface area contributed by atoms with E-state index in [1.807, 2.05) is 54.6 Å². The zero-order valence-corrected chi connectivity index (χ0v) is 14.6. The van der Waals surface area contributed by atoms with Crippen LogP contribution in [0.3, 0.4) is 0 Å². The zero-order chi connectivity index (χ0) is 18.2. The Morgan fingerprint density at radius 1 is 0.769 bits per heavy atom. The molecule has 0 unspecified atom stereocenters. The summed E-state index contributed by atoms with van der Waals surface area (Å²) in [4.78, 5) is 11.5. The maximum atomic E-state index is 11.5. The SMILES string of the molecule is COC(=O)c1ccc(OCc2ccccc2OCc2ccccc2)cc1. The molecule has 0 saturated heterocycles. The molecule has 132 valence electrons. The smallest absolute Gasteiger partial charge is 0.337 e. The van der Waals surface area contributed by atoms with Gasteiger partial charge in [-0.05, 0) is 35.9 Å². The van der Waals surface area contributed by atoms with Crippen LogP contribution < -0.4 is 9.47 Å². The second-order valence-corrected chi connectivity index (χ2v) is 5.69. The fourth-order valence-corrected chi connectivity index (χ4v) is 2.47. The van der Waals surface area contributed by atoms with Crippen LogP contribution >= 0.6 is 0 Å². The highest BCUT2D eigenvalue weighted by Gasteiger charge is 2.07. The summed E-state index contributed by atoms with van der Waals surface area (Å²) >= 11 is 0. The normalized spacial score (nSPS) is 10.2. The summed E-state index contributed by atoms with van der Waals surface area (Å²) in [6, 6.07) is 24.7. The first-order valence-corrected chi connectivity index (χ1v) is 8.32. The van der Waals surface area contributed by atoms with Gasteiger partial charge in [-0.3, -0.25) is 0 Å². The Morgan fingerprint density at radius 2 is 1.46 bits per heavy atom. The van der Waals surface area contributed by atoms with Crippen molar-refractivity contribution in [1.82, 2.24) is 0 Å². The van der Waals surface area contributed by atoms with Crippen LogP contribution in [0.1, 0.15) is 21.5 Å². The van der Waals surface area contributed by atoms with E-state index in [0.29, 0.717) is 24.5 Å². The molecule has 3 aromatic carbocycles. The molecule has 0 amide bonds. The lowest BCUT2D eigenvalue weighted by molar-refractivity contribution is 0.0600. The first-order chi connectivity index (χ1) is 12.8. The van der Waals surface area contributed by atoms with Crippen molar-refractivity contribution in [3.8, 4) is 11.5 Å². The van der Waals surface area contributed by atoms with Crippen LogP contribution in [0, 0.1) is 0 Å². The van der Waals surface area contributed by atoms with Crippen molar-refractivity contribution < 1.29 is 19.0 Å². The molecule has 0 saturated carbocycles. The highest BCUT2D eigenvalue weighted by molar-refractivity contribution is 5.89. The standard InChI is InChI=1S/C22H20O4/c1-24-22(23)18-11-13-20(14-12-18)25-16-19-9-5-6-10-21(19)26-15-17-7-3-2-4-8-17/h2-14H,15-16H2,1H3. The average Bonchev–Trinajstić information content (AvgIpc) is 2.72. The lowest BCUT2D eigenvalue weighted by atomic mass is 10.2. The predicted octanol–water partition coefficient (Wildman–Crippen LogP) is 4.63. The fourth-order valence-electron chi connectivity index (χ4n) is 2.47. The molecular weight excluding hydrogens is 328 g/mol. The van der Waals surface area contributed by atoms with Gasteiger partial charge in [-0.2, -0.15) is 0 Å². The molecule has 0 aliphatic rings. The van der Waals surface area contributed by atoms with Crippen molar-refractivity contribution in [3.05, 3.63) is 95.6 Å². The molecule has 0 bridgehead atoms. The molecule has 0 N–H and O–H groups in total. The van der Waals surface area contributed by atoms with Crippen LogP contribution in [0.4, 0.5) is 0 Å². The van der Waals surface area contributed by atoms with Gasteiger partial charge in [0.15, 0.2) is 0 Å². The van der Waals surface area contributed by atoms with Crippen molar-refractivity contribution in [2.75, 3.05) is 7.11 Å². The van der Waals surface area contributed by atoms with E-state index < -0.39 is 0 Å². The molecule has 4 heteroatoms. The van der Waals surface area contributed by atoms with Gasteiger partial charge >= 0.3 is 5.97 Å². The molecule has 4 nitrogen and oxygen atoms in total. The Balaban J connectivity index is 1.62. The molecular formula is C22H20O4. The van der Waals surface area contributed by atoms with Gasteiger partial charge in [-0.15, -0.1) is 0 Å². The third-order valence-electron chi connectivity index (χ3n) is 3.88. The van der Waals surface area contributed by atoms with E-state index in [9.17, 15) is 4.79 Å². The maximum Gasteiger partial charge on any atom is 0.337 e. The highest BCUT2D eigenvalue weighted by Crippen LogP contribution is 2.22. The average molecular weight is 348 g/mol. The number of benzene rings is 3. The van der Waals surface area contributed by atoms with E-state index in [1.54, 1.807) is 24.3 Å². The van der Waals surface area contributed by atoms with Crippen molar-refractivity contribution in [2.45, 2.75) is 13.2 Å². The molecule has 0 spiro atoms. The minimum atomic E-state index is -0.365. The van der Waals surface area contributed by atoms with Crippen LogP contribution in [-0.4, -0.2) is 13.1 Å². The molecule has 3 aromatic rings. The molecule has 3 rings (SSSR count). The van der Waals surface area contributed by atoms with E-state index in [2.05, 4.69) is 4.74 Å². The van der Waals surface area contributed by atoms with Gasteiger partial charge in [-0.25, -0.2) is 4.79 Å². The molecule has 0 atom stereocenters. The summed E-state index contributed by atoms with van der Waals surface area (Å²) in [6.07, 6.45) is 0. The minimum absolute atomic E-state index is 0.365. The summed E-state index contributed by atoms with van der Waals surface area (Å²) < 4.78 is 16.4. The second kappa shape index (κ2) is 8.72. The number of para-hydroxylation sites is 1. The Hall–Kier alpha value is -3.27. The van der Waals surface area contributed by atoms with Crippen molar-refractivity contribution in [1.29, 1.82) is 0 Å². The summed E-state index contributed by atoms with van der Waals surface area (Å²) in [5, 5.41) is 0. The van der Waals surface area contributed by atoms with Gasteiger partial charge < -0.3 is 14.2 Å². The number of carbonyl (C=O) groups excluding carboxylic acids is 1. The number of carbonyl (C=O) groups is 1. The van der Waals surface area contributed by atoms with E-state index in [-0.39, 0.29) is 5.97 Å². The lowest BCUT2D eigenvalue weighted by Crippen LogP contribution is -2.03. The fraction of sp³-hybridized carbons (Fsp3) is 0.136. The molecule has 0 fully saturated rings. The zero-order valence-electron chi connectivity index (χ0n) is 14.6. The maximum absolute atomic E-state index is 11.5. The van der Waals surface area contributed by atoms with Crippen LogP contribution in [0.25, 0.3) is 0 Å². The molecule has 0 aromatic heterocycles. The van der Waals surface area contributed by atoms with Gasteiger partial charge in [0, 0.05) is 5.56 Å². The number of ether oxygens (including phenoxy) is 3. The number of methoxy groups -OCH3 is 1.